The van der Waals surface area contributed by atoms with E-state index >= 15 is 0 Å². The fourth-order valence-corrected chi connectivity index (χ4v) is 3.08. The maximum absolute atomic E-state index is 12.3. The summed E-state index contributed by atoms with van der Waals surface area (Å²) in [6, 6.07) is 13.7. The van der Waals surface area contributed by atoms with E-state index in [4.69, 9.17) is 4.42 Å². The van der Waals surface area contributed by atoms with Crippen molar-refractivity contribution in [3.8, 4) is 0 Å². The van der Waals surface area contributed by atoms with Crippen LogP contribution in [0.4, 0.5) is 5.69 Å². The number of aryl methyl sites for hydroxylation is 1. The molecule has 0 fully saturated rings. The Bertz CT molecular complexity index is 848. The first-order valence-corrected chi connectivity index (χ1v) is 7.60. The van der Waals surface area contributed by atoms with Gasteiger partial charge in [-0.2, -0.15) is 0 Å². The Balaban J connectivity index is 2.01. The number of nitrogens with one attached hydrogen (secondary N) is 1. The molecule has 5 heteroatoms. The Morgan fingerprint density at radius 3 is 2.50 bits per heavy atom. The van der Waals surface area contributed by atoms with Crippen LogP contribution in [0.25, 0.3) is 11.0 Å². The van der Waals surface area contributed by atoms with Crippen molar-refractivity contribution in [1.82, 2.24) is 0 Å². The van der Waals surface area contributed by atoms with Crippen molar-refractivity contribution in [2.24, 2.45) is 0 Å². The summed E-state index contributed by atoms with van der Waals surface area (Å²) < 4.78 is 32.5. The molecule has 0 saturated carbocycles. The number of furan rings is 1. The second-order valence-electron chi connectivity index (χ2n) is 4.56. The van der Waals surface area contributed by atoms with E-state index in [0.717, 1.165) is 10.9 Å². The molecule has 0 saturated heterocycles. The lowest BCUT2D eigenvalue weighted by Gasteiger charge is -2.09. The van der Waals surface area contributed by atoms with Gasteiger partial charge in [0.25, 0.3) is 10.0 Å². The van der Waals surface area contributed by atoms with Gasteiger partial charge in [-0.05, 0) is 37.3 Å². The molecule has 1 heterocycles. The number of hydrogen-bond donors (Lipinski definition) is 1. The zero-order valence-corrected chi connectivity index (χ0v) is 11.6. The van der Waals surface area contributed by atoms with Gasteiger partial charge in [-0.3, -0.25) is 4.72 Å². The molecule has 0 radical (unpaired) electrons. The topological polar surface area (TPSA) is 59.3 Å². The second-order valence-corrected chi connectivity index (χ2v) is 6.24. The van der Waals surface area contributed by atoms with Crippen LogP contribution >= 0.6 is 0 Å². The Labute approximate surface area is 117 Å². The number of fused-ring (bicyclic) bond motifs is 1. The zero-order valence-electron chi connectivity index (χ0n) is 10.8. The molecule has 4 nitrogen and oxygen atoms in total. The highest BCUT2D eigenvalue weighted by atomic mass is 32.2. The lowest BCUT2D eigenvalue weighted by Crippen LogP contribution is -2.12. The summed E-state index contributed by atoms with van der Waals surface area (Å²) in [7, 11) is -3.59. The van der Waals surface area contributed by atoms with Gasteiger partial charge < -0.3 is 4.42 Å². The van der Waals surface area contributed by atoms with Crippen molar-refractivity contribution in [3.63, 3.8) is 0 Å². The van der Waals surface area contributed by atoms with E-state index in [2.05, 4.69) is 4.72 Å². The minimum absolute atomic E-state index is 0.239. The molecule has 0 aliphatic heterocycles. The first kappa shape index (κ1) is 12.7. The second kappa shape index (κ2) is 4.68. The molecule has 0 aliphatic rings. The van der Waals surface area contributed by atoms with Crippen molar-refractivity contribution in [2.75, 3.05) is 4.72 Å². The van der Waals surface area contributed by atoms with Crippen LogP contribution in [0.15, 0.2) is 64.1 Å². The Morgan fingerprint density at radius 1 is 1.00 bits per heavy atom. The Morgan fingerprint density at radius 2 is 1.75 bits per heavy atom. The Hall–Kier alpha value is -2.27. The normalized spacial score (nSPS) is 11.7. The fraction of sp³-hybridized carbons (Fsp3) is 0.0667. The largest absolute Gasteiger partial charge is 0.464 e. The van der Waals surface area contributed by atoms with Gasteiger partial charge in [-0.25, -0.2) is 8.42 Å². The number of hydrogen-bond acceptors (Lipinski definition) is 3. The highest BCUT2D eigenvalue weighted by Gasteiger charge is 2.15. The predicted octanol–water partition coefficient (Wildman–Crippen LogP) is 3.54. The third-order valence-corrected chi connectivity index (χ3v) is 4.45. The summed E-state index contributed by atoms with van der Waals surface area (Å²) in [4.78, 5) is 0.239. The zero-order chi connectivity index (χ0) is 14.2. The average molecular weight is 287 g/mol. The molecule has 1 aromatic heterocycles. The SMILES string of the molecule is Cc1ccc(S(=O)(=O)Nc2cccc3occc23)cc1. The van der Waals surface area contributed by atoms with Crippen LogP contribution in [-0.2, 0) is 10.0 Å². The van der Waals surface area contributed by atoms with Gasteiger partial charge in [0.2, 0.25) is 0 Å². The number of rotatable bonds is 3. The summed E-state index contributed by atoms with van der Waals surface area (Å²) >= 11 is 0. The van der Waals surface area contributed by atoms with Gasteiger partial charge in [0.15, 0.2) is 0 Å². The van der Waals surface area contributed by atoms with Gasteiger partial charge in [0.05, 0.1) is 16.8 Å². The van der Waals surface area contributed by atoms with E-state index in [1.807, 2.05) is 6.92 Å². The van der Waals surface area contributed by atoms with E-state index < -0.39 is 10.0 Å². The summed E-state index contributed by atoms with van der Waals surface area (Å²) in [5, 5.41) is 0.739. The van der Waals surface area contributed by atoms with E-state index in [1.165, 1.54) is 6.26 Å². The van der Waals surface area contributed by atoms with Gasteiger partial charge in [-0.15, -0.1) is 0 Å². The van der Waals surface area contributed by atoms with Crippen LogP contribution in [-0.4, -0.2) is 8.42 Å². The van der Waals surface area contributed by atoms with E-state index in [-0.39, 0.29) is 4.90 Å². The molecule has 0 amide bonds. The molecule has 0 spiro atoms. The quantitative estimate of drug-likeness (QED) is 0.801. The fourth-order valence-electron chi connectivity index (χ4n) is 2.00. The maximum atomic E-state index is 12.3. The maximum Gasteiger partial charge on any atom is 0.261 e. The monoisotopic (exact) mass is 287 g/mol. The van der Waals surface area contributed by atoms with Crippen LogP contribution in [0.3, 0.4) is 0 Å². The number of sulfonamides is 1. The predicted molar refractivity (Wildman–Crippen MR) is 78.2 cm³/mol. The minimum Gasteiger partial charge on any atom is -0.464 e. The third kappa shape index (κ3) is 2.28. The molecule has 3 rings (SSSR count). The first-order valence-electron chi connectivity index (χ1n) is 6.12. The van der Waals surface area contributed by atoms with Crippen molar-refractivity contribution >= 4 is 26.7 Å². The summed E-state index contributed by atoms with van der Waals surface area (Å²) in [5.41, 5.74) is 2.17. The third-order valence-electron chi connectivity index (χ3n) is 3.07. The number of benzene rings is 2. The molecular weight excluding hydrogens is 274 g/mol. The molecule has 0 unspecified atom stereocenters. The summed E-state index contributed by atoms with van der Waals surface area (Å²) in [6.07, 6.45) is 1.54. The summed E-state index contributed by atoms with van der Waals surface area (Å²) in [6.45, 7) is 1.91. The van der Waals surface area contributed by atoms with Gasteiger partial charge in [0.1, 0.15) is 5.58 Å². The Kier molecular flexibility index (Phi) is 2.99. The molecular formula is C15H13NO3S. The van der Waals surface area contributed by atoms with Crippen LogP contribution < -0.4 is 4.72 Å². The molecule has 0 atom stereocenters. The summed E-state index contributed by atoms with van der Waals surface area (Å²) in [5.74, 6) is 0. The van der Waals surface area contributed by atoms with E-state index in [0.29, 0.717) is 11.3 Å². The van der Waals surface area contributed by atoms with Crippen LogP contribution in [0, 0.1) is 6.92 Å². The highest BCUT2D eigenvalue weighted by Crippen LogP contribution is 2.26. The van der Waals surface area contributed by atoms with Gasteiger partial charge >= 0.3 is 0 Å². The van der Waals surface area contributed by atoms with Gasteiger partial charge in [-0.1, -0.05) is 23.8 Å². The highest BCUT2D eigenvalue weighted by molar-refractivity contribution is 7.92. The van der Waals surface area contributed by atoms with Gasteiger partial charge in [0, 0.05) is 5.39 Å². The van der Waals surface area contributed by atoms with Crippen LogP contribution in [0.1, 0.15) is 5.56 Å². The van der Waals surface area contributed by atoms with Crippen molar-refractivity contribution < 1.29 is 12.8 Å². The van der Waals surface area contributed by atoms with E-state index in [9.17, 15) is 8.42 Å². The standard InChI is InChI=1S/C15H13NO3S/c1-11-5-7-12(8-6-11)20(17,18)16-14-3-2-4-15-13(14)9-10-19-15/h2-10,16H,1H3. The molecule has 20 heavy (non-hydrogen) atoms. The molecule has 102 valence electrons. The van der Waals surface area contributed by atoms with Crippen LogP contribution in [0.2, 0.25) is 0 Å². The first-order chi connectivity index (χ1) is 9.56. The average Bonchev–Trinajstić information content (AvgIpc) is 2.88. The lowest BCUT2D eigenvalue weighted by atomic mass is 10.2. The number of anilines is 1. The van der Waals surface area contributed by atoms with Crippen molar-refractivity contribution in [1.29, 1.82) is 0 Å². The molecule has 0 aliphatic carbocycles. The molecule has 3 aromatic rings. The molecule has 2 aromatic carbocycles. The molecule has 1 N–H and O–H groups in total. The van der Waals surface area contributed by atoms with E-state index in [1.54, 1.807) is 48.5 Å². The lowest BCUT2D eigenvalue weighted by molar-refractivity contribution is 0.601. The molecule has 0 bridgehead atoms. The minimum atomic E-state index is -3.59. The van der Waals surface area contributed by atoms with Crippen LogP contribution in [0.5, 0.6) is 0 Å². The smallest absolute Gasteiger partial charge is 0.261 e. The van der Waals surface area contributed by atoms with Crippen molar-refractivity contribution in [2.45, 2.75) is 11.8 Å². The van der Waals surface area contributed by atoms with Crippen molar-refractivity contribution in [3.05, 3.63) is 60.4 Å².